The molecule has 5 nitrogen and oxygen atoms in total. The first-order valence-electron chi connectivity index (χ1n) is 6.75. The van der Waals surface area contributed by atoms with Gasteiger partial charge in [0.25, 0.3) is 5.56 Å². The van der Waals surface area contributed by atoms with Crippen LogP contribution in [0.1, 0.15) is 13.8 Å². The Morgan fingerprint density at radius 3 is 2.50 bits per heavy atom. The van der Waals surface area contributed by atoms with Gasteiger partial charge >= 0.3 is 5.97 Å². The third-order valence-corrected chi connectivity index (χ3v) is 2.93. The fourth-order valence-corrected chi connectivity index (χ4v) is 1.99. The van der Waals surface area contributed by atoms with Crippen LogP contribution < -0.4 is 10.3 Å². The molecule has 1 aromatic carbocycles. The second-order valence-corrected chi connectivity index (χ2v) is 5.09. The van der Waals surface area contributed by atoms with E-state index in [1.165, 1.54) is 24.4 Å². The molecular weight excluding hydrogens is 289 g/mol. The zero-order valence-electron chi connectivity index (χ0n) is 12.2. The molecule has 0 aliphatic heterocycles. The molecule has 1 aromatic heterocycles. The maximum absolute atomic E-state index is 14.0. The first-order chi connectivity index (χ1) is 10.4. The van der Waals surface area contributed by atoms with Crippen LogP contribution in [0.3, 0.4) is 0 Å². The van der Waals surface area contributed by atoms with E-state index in [4.69, 9.17) is 9.84 Å². The van der Waals surface area contributed by atoms with Crippen molar-refractivity contribution in [3.63, 3.8) is 0 Å². The van der Waals surface area contributed by atoms with E-state index >= 15 is 0 Å². The summed E-state index contributed by atoms with van der Waals surface area (Å²) in [6.07, 6.45) is 1.24. The van der Waals surface area contributed by atoms with Crippen molar-refractivity contribution < 1.29 is 19.0 Å². The van der Waals surface area contributed by atoms with Crippen LogP contribution in [0.5, 0.6) is 5.75 Å². The molecule has 2 rings (SSSR count). The van der Waals surface area contributed by atoms with Crippen LogP contribution in [-0.2, 0) is 11.3 Å². The summed E-state index contributed by atoms with van der Waals surface area (Å²) in [6.45, 7) is 3.19. The Bertz CT molecular complexity index is 752. The number of rotatable bonds is 5. The Labute approximate surface area is 126 Å². The van der Waals surface area contributed by atoms with Gasteiger partial charge in [-0.05, 0) is 43.2 Å². The molecule has 0 atom stereocenters. The van der Waals surface area contributed by atoms with E-state index in [9.17, 15) is 14.0 Å². The molecule has 0 fully saturated rings. The number of hydrogen-bond donors (Lipinski definition) is 1. The molecule has 22 heavy (non-hydrogen) atoms. The Morgan fingerprint density at radius 2 is 1.95 bits per heavy atom. The maximum Gasteiger partial charge on any atom is 0.323 e. The fraction of sp³-hybridized carbons (Fsp3) is 0.250. The van der Waals surface area contributed by atoms with Gasteiger partial charge in [0.1, 0.15) is 6.54 Å². The molecule has 1 heterocycles. The molecule has 0 amide bonds. The Morgan fingerprint density at radius 1 is 1.27 bits per heavy atom. The van der Waals surface area contributed by atoms with Crippen molar-refractivity contribution in [1.82, 2.24) is 4.57 Å². The highest BCUT2D eigenvalue weighted by Gasteiger charge is 2.09. The van der Waals surface area contributed by atoms with Crippen molar-refractivity contribution in [3.8, 4) is 16.9 Å². The zero-order chi connectivity index (χ0) is 16.3. The highest BCUT2D eigenvalue weighted by molar-refractivity contribution is 5.67. The average Bonchev–Trinajstić information content (AvgIpc) is 2.42. The number of carboxylic acid groups (broad SMARTS) is 1. The monoisotopic (exact) mass is 305 g/mol. The van der Waals surface area contributed by atoms with Gasteiger partial charge in [0.2, 0.25) is 0 Å². The highest BCUT2D eigenvalue weighted by atomic mass is 19.1. The molecule has 0 radical (unpaired) electrons. The lowest BCUT2D eigenvalue weighted by molar-refractivity contribution is -0.137. The summed E-state index contributed by atoms with van der Waals surface area (Å²) in [5.41, 5.74) is 0.581. The van der Waals surface area contributed by atoms with Crippen molar-refractivity contribution in [2.24, 2.45) is 0 Å². The van der Waals surface area contributed by atoms with Gasteiger partial charge in [0.15, 0.2) is 11.6 Å². The smallest absolute Gasteiger partial charge is 0.323 e. The maximum atomic E-state index is 14.0. The molecule has 116 valence electrons. The number of aromatic nitrogens is 1. The predicted octanol–water partition coefficient (Wildman–Crippen LogP) is 2.53. The Hall–Kier alpha value is -2.63. The number of pyridine rings is 1. The topological polar surface area (TPSA) is 68.5 Å². The summed E-state index contributed by atoms with van der Waals surface area (Å²) in [4.78, 5) is 22.5. The second kappa shape index (κ2) is 6.43. The van der Waals surface area contributed by atoms with E-state index in [1.807, 2.05) is 0 Å². The van der Waals surface area contributed by atoms with Gasteiger partial charge in [0.05, 0.1) is 6.10 Å². The predicted molar refractivity (Wildman–Crippen MR) is 79.5 cm³/mol. The summed E-state index contributed by atoms with van der Waals surface area (Å²) in [6, 6.07) is 7.29. The summed E-state index contributed by atoms with van der Waals surface area (Å²) in [5, 5.41) is 8.69. The SMILES string of the molecule is CC(C)Oc1ccc(-c2ccn(CC(=O)O)c(=O)c2)cc1F. The van der Waals surface area contributed by atoms with Gasteiger partial charge < -0.3 is 14.4 Å². The third-order valence-electron chi connectivity index (χ3n) is 2.93. The van der Waals surface area contributed by atoms with Crippen LogP contribution in [0.15, 0.2) is 41.3 Å². The number of nitrogens with zero attached hydrogens (tertiary/aromatic N) is 1. The van der Waals surface area contributed by atoms with E-state index in [2.05, 4.69) is 0 Å². The van der Waals surface area contributed by atoms with Crippen LogP contribution in [0.2, 0.25) is 0 Å². The summed E-state index contributed by atoms with van der Waals surface area (Å²) in [7, 11) is 0. The first kappa shape index (κ1) is 15.8. The van der Waals surface area contributed by atoms with E-state index in [1.54, 1.807) is 26.0 Å². The summed E-state index contributed by atoms with van der Waals surface area (Å²) in [5.74, 6) is -1.46. The van der Waals surface area contributed by atoms with Crippen LogP contribution >= 0.6 is 0 Å². The molecule has 0 aliphatic rings. The van der Waals surface area contributed by atoms with Crippen molar-refractivity contribution >= 4 is 5.97 Å². The van der Waals surface area contributed by atoms with Gasteiger partial charge in [-0.2, -0.15) is 0 Å². The zero-order valence-corrected chi connectivity index (χ0v) is 12.2. The van der Waals surface area contributed by atoms with Gasteiger partial charge in [0, 0.05) is 12.3 Å². The normalized spacial score (nSPS) is 10.7. The number of carboxylic acids is 1. The average molecular weight is 305 g/mol. The third kappa shape index (κ3) is 3.72. The molecule has 6 heteroatoms. The molecule has 1 N–H and O–H groups in total. The van der Waals surface area contributed by atoms with Crippen LogP contribution in [0.25, 0.3) is 11.1 Å². The molecule has 0 saturated heterocycles. The molecule has 0 saturated carbocycles. The van der Waals surface area contributed by atoms with Crippen molar-refractivity contribution in [2.75, 3.05) is 0 Å². The van der Waals surface area contributed by atoms with Gasteiger partial charge in [-0.25, -0.2) is 4.39 Å². The van der Waals surface area contributed by atoms with Gasteiger partial charge in [-0.1, -0.05) is 6.07 Å². The lowest BCUT2D eigenvalue weighted by Crippen LogP contribution is -2.22. The number of benzene rings is 1. The first-order valence-corrected chi connectivity index (χ1v) is 6.75. The minimum Gasteiger partial charge on any atom is -0.488 e. The summed E-state index contributed by atoms with van der Waals surface area (Å²) < 4.78 is 20.3. The number of hydrogen-bond acceptors (Lipinski definition) is 3. The molecule has 0 spiro atoms. The van der Waals surface area contributed by atoms with E-state index in [-0.39, 0.29) is 11.9 Å². The fourth-order valence-electron chi connectivity index (χ4n) is 1.99. The van der Waals surface area contributed by atoms with Crippen molar-refractivity contribution in [1.29, 1.82) is 0 Å². The number of ether oxygens (including phenoxy) is 1. The quantitative estimate of drug-likeness (QED) is 0.921. The van der Waals surface area contributed by atoms with Crippen LogP contribution in [0, 0.1) is 5.82 Å². The molecule has 0 aliphatic carbocycles. The molecular formula is C16H16FNO4. The van der Waals surface area contributed by atoms with Crippen molar-refractivity contribution in [3.05, 3.63) is 52.7 Å². The minimum absolute atomic E-state index is 0.139. The largest absolute Gasteiger partial charge is 0.488 e. The van der Waals surface area contributed by atoms with E-state index in [0.717, 1.165) is 4.57 Å². The van der Waals surface area contributed by atoms with E-state index < -0.39 is 23.9 Å². The van der Waals surface area contributed by atoms with Crippen molar-refractivity contribution in [2.45, 2.75) is 26.5 Å². The highest BCUT2D eigenvalue weighted by Crippen LogP contribution is 2.25. The number of halogens is 1. The Kier molecular flexibility index (Phi) is 4.60. The summed E-state index contributed by atoms with van der Waals surface area (Å²) >= 11 is 0. The van der Waals surface area contributed by atoms with Crippen LogP contribution in [-0.4, -0.2) is 21.7 Å². The van der Waals surface area contributed by atoms with Gasteiger partial charge in [-0.3, -0.25) is 9.59 Å². The lowest BCUT2D eigenvalue weighted by Gasteiger charge is -2.11. The van der Waals surface area contributed by atoms with Gasteiger partial charge in [-0.15, -0.1) is 0 Å². The van der Waals surface area contributed by atoms with E-state index in [0.29, 0.717) is 11.1 Å². The molecule has 0 bridgehead atoms. The number of aliphatic carboxylic acids is 1. The lowest BCUT2D eigenvalue weighted by atomic mass is 10.1. The van der Waals surface area contributed by atoms with Crippen LogP contribution in [0.4, 0.5) is 4.39 Å². The Balaban J connectivity index is 2.32. The minimum atomic E-state index is -1.10. The number of carbonyl (C=O) groups is 1. The second-order valence-electron chi connectivity index (χ2n) is 5.09. The molecule has 2 aromatic rings. The standard InChI is InChI=1S/C16H16FNO4/c1-10(2)22-14-4-3-11(7-13(14)17)12-5-6-18(9-16(20)21)15(19)8-12/h3-8,10H,9H2,1-2H3,(H,20,21). The molecule has 0 unspecified atom stereocenters.